The van der Waals surface area contributed by atoms with Crippen molar-refractivity contribution in [3.63, 3.8) is 0 Å². The quantitative estimate of drug-likeness (QED) is 0.780. The molecule has 0 bridgehead atoms. The Hall–Kier alpha value is -0.0500. The van der Waals surface area contributed by atoms with Crippen LogP contribution in [0.4, 0.5) is 0 Å². The van der Waals surface area contributed by atoms with Crippen molar-refractivity contribution in [2.75, 3.05) is 0 Å². The summed E-state index contributed by atoms with van der Waals surface area (Å²) in [6.45, 7) is 2.25. The molecule has 14 heavy (non-hydrogen) atoms. The molecule has 0 aromatic carbocycles. The van der Waals surface area contributed by atoms with Gasteiger partial charge in [-0.2, -0.15) is 0 Å². The number of hydrogen-bond donors (Lipinski definition) is 1. The van der Waals surface area contributed by atoms with Gasteiger partial charge < -0.3 is 5.73 Å². The Morgan fingerprint density at radius 3 is 2.93 bits per heavy atom. The fourth-order valence-corrected chi connectivity index (χ4v) is 3.83. The summed E-state index contributed by atoms with van der Waals surface area (Å²) >= 11 is 7.86. The Morgan fingerprint density at radius 2 is 2.36 bits per heavy atom. The number of nitrogens with two attached hydrogens (primary N) is 1. The van der Waals surface area contributed by atoms with E-state index in [1.165, 1.54) is 24.1 Å². The standard InChI is InChI=1S/C11H16ClNS/c1-8-4-2-3-6-11(8,13)10-9(12)5-7-14-10/h5,7-8H,2-4,6,13H2,1H3. The Labute approximate surface area is 94.3 Å². The monoisotopic (exact) mass is 229 g/mol. The van der Waals surface area contributed by atoms with Crippen molar-refractivity contribution in [1.82, 2.24) is 0 Å². The van der Waals surface area contributed by atoms with E-state index in [0.717, 1.165) is 11.4 Å². The average molecular weight is 230 g/mol. The van der Waals surface area contributed by atoms with Gasteiger partial charge >= 0.3 is 0 Å². The van der Waals surface area contributed by atoms with E-state index in [4.69, 9.17) is 17.3 Å². The smallest absolute Gasteiger partial charge is 0.0564 e. The van der Waals surface area contributed by atoms with Gasteiger partial charge in [-0.25, -0.2) is 0 Å². The Morgan fingerprint density at radius 1 is 1.57 bits per heavy atom. The Bertz CT molecular complexity index is 323. The van der Waals surface area contributed by atoms with Crippen LogP contribution in [0, 0.1) is 5.92 Å². The minimum atomic E-state index is -0.163. The second kappa shape index (κ2) is 3.84. The SMILES string of the molecule is CC1CCCCC1(N)c1sccc1Cl. The van der Waals surface area contributed by atoms with Gasteiger partial charge in [-0.1, -0.05) is 31.4 Å². The van der Waals surface area contributed by atoms with Crippen LogP contribution in [0.2, 0.25) is 5.02 Å². The van der Waals surface area contributed by atoms with Gasteiger partial charge in [0, 0.05) is 4.88 Å². The van der Waals surface area contributed by atoms with Crippen LogP contribution < -0.4 is 5.73 Å². The van der Waals surface area contributed by atoms with Crippen LogP contribution in [-0.4, -0.2) is 0 Å². The van der Waals surface area contributed by atoms with E-state index in [1.54, 1.807) is 11.3 Å². The van der Waals surface area contributed by atoms with E-state index in [0.29, 0.717) is 5.92 Å². The highest BCUT2D eigenvalue weighted by atomic mass is 35.5. The van der Waals surface area contributed by atoms with Crippen molar-refractivity contribution in [3.05, 3.63) is 21.3 Å². The number of rotatable bonds is 1. The Balaban J connectivity index is 2.34. The van der Waals surface area contributed by atoms with Crippen LogP contribution in [0.3, 0.4) is 0 Å². The highest BCUT2D eigenvalue weighted by Crippen LogP contribution is 2.44. The van der Waals surface area contributed by atoms with Crippen molar-refractivity contribution in [2.24, 2.45) is 11.7 Å². The minimum absolute atomic E-state index is 0.163. The molecule has 2 N–H and O–H groups in total. The van der Waals surface area contributed by atoms with E-state index in [9.17, 15) is 0 Å². The largest absolute Gasteiger partial charge is 0.320 e. The molecule has 1 aliphatic rings. The molecular formula is C11H16ClNS. The summed E-state index contributed by atoms with van der Waals surface area (Å²) < 4.78 is 0. The normalized spacial score (nSPS) is 33.2. The molecule has 1 fully saturated rings. The lowest BCUT2D eigenvalue weighted by Gasteiger charge is -2.39. The zero-order valence-corrected chi connectivity index (χ0v) is 10.00. The maximum absolute atomic E-state index is 6.50. The molecular weight excluding hydrogens is 214 g/mol. The molecule has 1 heterocycles. The van der Waals surface area contributed by atoms with E-state index in [-0.39, 0.29) is 5.54 Å². The van der Waals surface area contributed by atoms with Crippen molar-refractivity contribution in [1.29, 1.82) is 0 Å². The highest BCUT2D eigenvalue weighted by Gasteiger charge is 2.38. The molecule has 0 amide bonds. The summed E-state index contributed by atoms with van der Waals surface area (Å²) in [7, 11) is 0. The van der Waals surface area contributed by atoms with Gasteiger partial charge in [0.1, 0.15) is 0 Å². The first-order valence-corrected chi connectivity index (χ1v) is 6.42. The number of thiophene rings is 1. The number of halogens is 1. The topological polar surface area (TPSA) is 26.0 Å². The minimum Gasteiger partial charge on any atom is -0.320 e. The lowest BCUT2D eigenvalue weighted by Crippen LogP contribution is -2.44. The van der Waals surface area contributed by atoms with E-state index >= 15 is 0 Å². The van der Waals surface area contributed by atoms with Gasteiger partial charge in [-0.3, -0.25) is 0 Å². The molecule has 1 saturated carbocycles. The van der Waals surface area contributed by atoms with Crippen molar-refractivity contribution >= 4 is 22.9 Å². The van der Waals surface area contributed by atoms with E-state index < -0.39 is 0 Å². The first-order chi connectivity index (χ1) is 6.64. The molecule has 2 rings (SSSR count). The molecule has 1 nitrogen and oxygen atoms in total. The summed E-state index contributed by atoms with van der Waals surface area (Å²) in [6.07, 6.45) is 4.84. The maximum Gasteiger partial charge on any atom is 0.0564 e. The van der Waals surface area contributed by atoms with Gasteiger partial charge in [-0.05, 0) is 30.2 Å². The molecule has 1 aliphatic carbocycles. The van der Waals surface area contributed by atoms with Gasteiger partial charge in [0.05, 0.1) is 10.6 Å². The van der Waals surface area contributed by atoms with Crippen LogP contribution >= 0.6 is 22.9 Å². The molecule has 2 atom stereocenters. The predicted molar refractivity (Wildman–Crippen MR) is 62.8 cm³/mol. The molecule has 1 aromatic rings. The fraction of sp³-hybridized carbons (Fsp3) is 0.636. The highest BCUT2D eigenvalue weighted by molar-refractivity contribution is 7.10. The summed E-state index contributed by atoms with van der Waals surface area (Å²) in [5, 5.41) is 2.89. The van der Waals surface area contributed by atoms with Crippen molar-refractivity contribution in [2.45, 2.75) is 38.1 Å². The van der Waals surface area contributed by atoms with Crippen molar-refractivity contribution in [3.8, 4) is 0 Å². The van der Waals surface area contributed by atoms with Gasteiger partial charge in [-0.15, -0.1) is 11.3 Å². The van der Waals surface area contributed by atoms with Gasteiger partial charge in [0.25, 0.3) is 0 Å². The lowest BCUT2D eigenvalue weighted by molar-refractivity contribution is 0.211. The molecule has 0 saturated heterocycles. The predicted octanol–water partition coefficient (Wildman–Crippen LogP) is 3.77. The van der Waals surface area contributed by atoms with Gasteiger partial charge in [0.2, 0.25) is 0 Å². The van der Waals surface area contributed by atoms with Crippen LogP contribution in [-0.2, 0) is 5.54 Å². The summed E-state index contributed by atoms with van der Waals surface area (Å²) in [6, 6.07) is 1.96. The van der Waals surface area contributed by atoms with Crippen molar-refractivity contribution < 1.29 is 0 Å². The third-order valence-corrected chi connectivity index (χ3v) is 4.93. The zero-order chi connectivity index (χ0) is 10.2. The summed E-state index contributed by atoms with van der Waals surface area (Å²) in [5.74, 6) is 0.549. The van der Waals surface area contributed by atoms with Crippen LogP contribution in [0.25, 0.3) is 0 Å². The first kappa shape index (κ1) is 10.5. The molecule has 2 unspecified atom stereocenters. The molecule has 0 radical (unpaired) electrons. The lowest BCUT2D eigenvalue weighted by atomic mass is 9.73. The van der Waals surface area contributed by atoms with E-state index in [2.05, 4.69) is 6.92 Å². The fourth-order valence-electron chi connectivity index (χ4n) is 2.34. The molecule has 1 aromatic heterocycles. The second-order valence-corrected chi connectivity index (χ2v) is 5.61. The number of hydrogen-bond acceptors (Lipinski definition) is 2. The molecule has 0 spiro atoms. The van der Waals surface area contributed by atoms with Crippen LogP contribution in [0.15, 0.2) is 11.4 Å². The average Bonchev–Trinajstić information content (AvgIpc) is 2.57. The first-order valence-electron chi connectivity index (χ1n) is 5.17. The van der Waals surface area contributed by atoms with Crippen LogP contribution in [0.5, 0.6) is 0 Å². The molecule has 0 aliphatic heterocycles. The zero-order valence-electron chi connectivity index (χ0n) is 8.42. The maximum atomic E-state index is 6.50. The third kappa shape index (κ3) is 1.60. The van der Waals surface area contributed by atoms with E-state index in [1.807, 2.05) is 11.4 Å². The summed E-state index contributed by atoms with van der Waals surface area (Å²) in [5.41, 5.74) is 6.33. The van der Waals surface area contributed by atoms with Crippen LogP contribution in [0.1, 0.15) is 37.5 Å². The Kier molecular flexibility index (Phi) is 2.87. The third-order valence-electron chi connectivity index (χ3n) is 3.40. The second-order valence-electron chi connectivity index (χ2n) is 4.28. The molecule has 78 valence electrons. The summed E-state index contributed by atoms with van der Waals surface area (Å²) in [4.78, 5) is 1.19. The van der Waals surface area contributed by atoms with Gasteiger partial charge in [0.15, 0.2) is 0 Å². The molecule has 3 heteroatoms.